The second-order valence-corrected chi connectivity index (χ2v) is 3.81. The molecule has 0 amide bonds. The van der Waals surface area contributed by atoms with Crippen molar-refractivity contribution in [2.75, 3.05) is 11.1 Å². The summed E-state index contributed by atoms with van der Waals surface area (Å²) in [5.41, 5.74) is 6.70. The van der Waals surface area contributed by atoms with Gasteiger partial charge in [-0.3, -0.25) is 0 Å². The van der Waals surface area contributed by atoms with E-state index >= 15 is 0 Å². The minimum Gasteiger partial charge on any atom is -0.391 e. The van der Waals surface area contributed by atoms with Crippen molar-refractivity contribution in [3.63, 3.8) is 0 Å². The summed E-state index contributed by atoms with van der Waals surface area (Å²) >= 11 is 1.55. The van der Waals surface area contributed by atoms with Crippen LogP contribution in [0.25, 0.3) is 0 Å². The normalized spacial score (nSPS) is 9.85. The molecule has 0 atom stereocenters. The Kier molecular flexibility index (Phi) is 2.19. The molecule has 0 unspecified atom stereocenters. The van der Waals surface area contributed by atoms with Gasteiger partial charge in [-0.25, -0.2) is 0 Å². The molecule has 0 aliphatic carbocycles. The van der Waals surface area contributed by atoms with Gasteiger partial charge in [-0.1, -0.05) is 18.2 Å². The first kappa shape index (κ1) is 8.13. The van der Waals surface area contributed by atoms with E-state index in [0.29, 0.717) is 0 Å². The van der Waals surface area contributed by atoms with Gasteiger partial charge in [-0.15, -0.1) is 11.3 Å². The van der Waals surface area contributed by atoms with Crippen LogP contribution in [0, 0.1) is 0 Å². The molecule has 0 radical (unpaired) electrons. The molecular weight excluding hydrogens is 180 g/mol. The van der Waals surface area contributed by atoms with Crippen molar-refractivity contribution in [2.24, 2.45) is 0 Å². The zero-order valence-electron chi connectivity index (χ0n) is 7.03. The van der Waals surface area contributed by atoms with Gasteiger partial charge in [0, 0.05) is 5.69 Å². The van der Waals surface area contributed by atoms with E-state index in [1.165, 1.54) is 0 Å². The number of rotatable bonds is 2. The molecule has 1 heterocycles. The Morgan fingerprint density at radius 3 is 2.38 bits per heavy atom. The van der Waals surface area contributed by atoms with Gasteiger partial charge in [0.05, 0.1) is 10.0 Å². The van der Waals surface area contributed by atoms with E-state index in [4.69, 9.17) is 5.73 Å². The van der Waals surface area contributed by atoms with Crippen LogP contribution in [-0.4, -0.2) is 0 Å². The van der Waals surface area contributed by atoms with Crippen LogP contribution in [0.1, 0.15) is 0 Å². The van der Waals surface area contributed by atoms with Crippen LogP contribution in [0.3, 0.4) is 0 Å². The lowest BCUT2D eigenvalue weighted by molar-refractivity contribution is 1.61. The first-order chi connectivity index (χ1) is 6.34. The van der Waals surface area contributed by atoms with E-state index in [-0.39, 0.29) is 0 Å². The number of thiophene rings is 1. The van der Waals surface area contributed by atoms with Crippen molar-refractivity contribution in [3.8, 4) is 0 Å². The molecular formula is C10H10N2S. The maximum atomic E-state index is 5.61. The number of benzene rings is 1. The first-order valence-corrected chi connectivity index (χ1v) is 4.83. The van der Waals surface area contributed by atoms with Crippen LogP contribution in [0.5, 0.6) is 0 Å². The highest BCUT2D eigenvalue weighted by molar-refractivity contribution is 7.19. The van der Waals surface area contributed by atoms with Crippen molar-refractivity contribution in [2.45, 2.75) is 0 Å². The van der Waals surface area contributed by atoms with Gasteiger partial charge in [0.2, 0.25) is 0 Å². The van der Waals surface area contributed by atoms with Crippen molar-refractivity contribution in [1.29, 1.82) is 0 Å². The molecule has 0 bridgehead atoms. The SMILES string of the molecule is Nc1ccc(Nc2ccccc2)s1. The van der Waals surface area contributed by atoms with Gasteiger partial charge in [0.15, 0.2) is 0 Å². The van der Waals surface area contributed by atoms with Crippen LogP contribution in [0.2, 0.25) is 0 Å². The van der Waals surface area contributed by atoms with Gasteiger partial charge in [-0.05, 0) is 24.3 Å². The molecule has 0 aliphatic rings. The maximum Gasteiger partial charge on any atom is 0.0948 e. The fraction of sp³-hybridized carbons (Fsp3) is 0. The molecule has 0 spiro atoms. The number of hydrogen-bond acceptors (Lipinski definition) is 3. The molecule has 66 valence electrons. The molecule has 0 saturated carbocycles. The van der Waals surface area contributed by atoms with Crippen molar-refractivity contribution in [3.05, 3.63) is 42.5 Å². The largest absolute Gasteiger partial charge is 0.391 e. The minimum absolute atomic E-state index is 0.832. The molecule has 0 saturated heterocycles. The van der Waals surface area contributed by atoms with Gasteiger partial charge in [0.1, 0.15) is 0 Å². The quantitative estimate of drug-likeness (QED) is 0.763. The van der Waals surface area contributed by atoms with Gasteiger partial charge < -0.3 is 11.1 Å². The summed E-state index contributed by atoms with van der Waals surface area (Å²) in [6, 6.07) is 13.9. The lowest BCUT2D eigenvalue weighted by Crippen LogP contribution is -1.84. The molecule has 0 fully saturated rings. The Morgan fingerprint density at radius 1 is 1.00 bits per heavy atom. The number of nitrogens with one attached hydrogen (secondary N) is 1. The number of nitrogen functional groups attached to an aromatic ring is 1. The van der Waals surface area contributed by atoms with Crippen LogP contribution in [0.4, 0.5) is 15.7 Å². The Bertz CT molecular complexity index is 381. The molecule has 3 heteroatoms. The van der Waals surface area contributed by atoms with Crippen molar-refractivity contribution < 1.29 is 0 Å². The summed E-state index contributed by atoms with van der Waals surface area (Å²) in [5.74, 6) is 0. The fourth-order valence-corrected chi connectivity index (χ4v) is 1.78. The lowest BCUT2D eigenvalue weighted by Gasteiger charge is -2.01. The van der Waals surface area contributed by atoms with Gasteiger partial charge in [-0.2, -0.15) is 0 Å². The third-order valence-electron chi connectivity index (χ3n) is 1.67. The predicted molar refractivity (Wildman–Crippen MR) is 58.5 cm³/mol. The van der Waals surface area contributed by atoms with Gasteiger partial charge in [0.25, 0.3) is 0 Å². The van der Waals surface area contributed by atoms with Crippen LogP contribution >= 0.6 is 11.3 Å². The highest BCUT2D eigenvalue weighted by atomic mass is 32.1. The summed E-state index contributed by atoms with van der Waals surface area (Å²) in [5, 5.41) is 5.17. The third-order valence-corrected chi connectivity index (χ3v) is 2.50. The second kappa shape index (κ2) is 3.49. The molecule has 0 aliphatic heterocycles. The smallest absolute Gasteiger partial charge is 0.0948 e. The van der Waals surface area contributed by atoms with Crippen LogP contribution in [0.15, 0.2) is 42.5 Å². The standard InChI is InChI=1S/C10H10N2S/c11-9-6-7-10(13-9)12-8-4-2-1-3-5-8/h1-7,12H,11H2. The third kappa shape index (κ3) is 2.00. The topological polar surface area (TPSA) is 38.0 Å². The molecule has 1 aromatic carbocycles. The maximum absolute atomic E-state index is 5.61. The number of nitrogens with two attached hydrogens (primary N) is 1. The average Bonchev–Trinajstić information content (AvgIpc) is 2.53. The Labute approximate surface area is 81.0 Å². The molecule has 2 rings (SSSR count). The first-order valence-electron chi connectivity index (χ1n) is 4.02. The summed E-state index contributed by atoms with van der Waals surface area (Å²) in [6.45, 7) is 0. The van der Waals surface area contributed by atoms with E-state index in [9.17, 15) is 0 Å². The van der Waals surface area contributed by atoms with E-state index in [1.807, 2.05) is 42.5 Å². The van der Waals surface area contributed by atoms with E-state index < -0.39 is 0 Å². The monoisotopic (exact) mass is 190 g/mol. The molecule has 1 aromatic heterocycles. The van der Waals surface area contributed by atoms with E-state index in [0.717, 1.165) is 15.7 Å². The van der Waals surface area contributed by atoms with Crippen LogP contribution in [-0.2, 0) is 0 Å². The zero-order chi connectivity index (χ0) is 9.10. The van der Waals surface area contributed by atoms with E-state index in [2.05, 4.69) is 5.32 Å². The molecule has 3 N–H and O–H groups in total. The van der Waals surface area contributed by atoms with E-state index in [1.54, 1.807) is 11.3 Å². The Balaban J connectivity index is 2.15. The Hall–Kier alpha value is -1.48. The molecule has 2 aromatic rings. The summed E-state index contributed by atoms with van der Waals surface area (Å²) in [4.78, 5) is 0. The predicted octanol–water partition coefficient (Wildman–Crippen LogP) is 3.07. The number of para-hydroxylation sites is 1. The minimum atomic E-state index is 0.832. The zero-order valence-corrected chi connectivity index (χ0v) is 7.84. The molecule has 2 nitrogen and oxygen atoms in total. The van der Waals surface area contributed by atoms with Gasteiger partial charge >= 0.3 is 0 Å². The lowest BCUT2D eigenvalue weighted by atomic mass is 10.3. The van der Waals surface area contributed by atoms with Crippen molar-refractivity contribution >= 4 is 27.0 Å². The fourth-order valence-electron chi connectivity index (χ4n) is 1.08. The highest BCUT2D eigenvalue weighted by Gasteiger charge is 1.95. The van der Waals surface area contributed by atoms with Crippen LogP contribution < -0.4 is 11.1 Å². The molecule has 13 heavy (non-hydrogen) atoms. The number of anilines is 3. The summed E-state index contributed by atoms with van der Waals surface area (Å²) in [7, 11) is 0. The summed E-state index contributed by atoms with van der Waals surface area (Å²) < 4.78 is 0. The number of hydrogen-bond donors (Lipinski definition) is 2. The Morgan fingerprint density at radius 2 is 1.77 bits per heavy atom. The highest BCUT2D eigenvalue weighted by Crippen LogP contribution is 2.26. The second-order valence-electron chi connectivity index (χ2n) is 2.69. The van der Waals surface area contributed by atoms with Crippen molar-refractivity contribution in [1.82, 2.24) is 0 Å². The average molecular weight is 190 g/mol. The summed E-state index contributed by atoms with van der Waals surface area (Å²) in [6.07, 6.45) is 0.